The fourth-order valence-corrected chi connectivity index (χ4v) is 3.93. The fourth-order valence-electron chi connectivity index (χ4n) is 3.93. The van der Waals surface area contributed by atoms with Crippen LogP contribution in [0.15, 0.2) is 22.7 Å². The van der Waals surface area contributed by atoms with Crippen LogP contribution in [0.4, 0.5) is 0 Å². The number of carbonyl (C=O) groups is 1. The van der Waals surface area contributed by atoms with Gasteiger partial charge in [0.25, 0.3) is 5.91 Å². The van der Waals surface area contributed by atoms with Crippen LogP contribution in [0.1, 0.15) is 53.7 Å². The standard InChI is InChI=1S/C20H23N3O4/c24-20(15-4-1-5-16-18(15)26-10-9-25-16)23-8-2-3-13(12-23)11-17-21-19(22-27-17)14-6-7-14/h1,4-5,13-14H,2-3,6-12H2. The molecule has 1 atom stereocenters. The molecule has 1 aromatic carbocycles. The second-order valence-electron chi connectivity index (χ2n) is 7.61. The lowest BCUT2D eigenvalue weighted by atomic mass is 9.94. The number of amides is 1. The van der Waals surface area contributed by atoms with Crippen LogP contribution in [0, 0.1) is 5.92 Å². The van der Waals surface area contributed by atoms with E-state index in [1.807, 2.05) is 23.1 Å². The summed E-state index contributed by atoms with van der Waals surface area (Å²) in [6.07, 6.45) is 5.11. The van der Waals surface area contributed by atoms with Gasteiger partial charge in [0.05, 0.1) is 5.56 Å². The summed E-state index contributed by atoms with van der Waals surface area (Å²) < 4.78 is 16.7. The minimum absolute atomic E-state index is 0.00579. The van der Waals surface area contributed by atoms with Gasteiger partial charge in [0.15, 0.2) is 17.3 Å². The smallest absolute Gasteiger partial charge is 0.257 e. The number of rotatable bonds is 4. The first-order chi connectivity index (χ1) is 13.3. The normalized spacial score (nSPS) is 21.9. The van der Waals surface area contributed by atoms with Gasteiger partial charge in [-0.2, -0.15) is 4.98 Å². The largest absolute Gasteiger partial charge is 0.486 e. The highest BCUT2D eigenvalue weighted by Gasteiger charge is 2.31. The highest BCUT2D eigenvalue weighted by Crippen LogP contribution is 2.38. The number of carbonyl (C=O) groups excluding carboxylic acids is 1. The van der Waals surface area contributed by atoms with Crippen LogP contribution >= 0.6 is 0 Å². The van der Waals surface area contributed by atoms with Crippen molar-refractivity contribution in [3.05, 3.63) is 35.5 Å². The predicted octanol–water partition coefficient (Wildman–Crippen LogP) is 2.81. The molecular formula is C20H23N3O4. The Labute approximate surface area is 157 Å². The van der Waals surface area contributed by atoms with Crippen molar-refractivity contribution in [3.8, 4) is 11.5 Å². The zero-order valence-electron chi connectivity index (χ0n) is 15.2. The van der Waals surface area contributed by atoms with E-state index in [2.05, 4.69) is 10.1 Å². The van der Waals surface area contributed by atoms with Gasteiger partial charge >= 0.3 is 0 Å². The quantitative estimate of drug-likeness (QED) is 0.825. The van der Waals surface area contributed by atoms with E-state index in [-0.39, 0.29) is 5.91 Å². The molecule has 27 heavy (non-hydrogen) atoms. The van der Waals surface area contributed by atoms with Gasteiger partial charge in [-0.25, -0.2) is 0 Å². The Hall–Kier alpha value is -2.57. The van der Waals surface area contributed by atoms with Gasteiger partial charge < -0.3 is 18.9 Å². The maximum Gasteiger partial charge on any atom is 0.257 e. The molecule has 0 N–H and O–H groups in total. The molecule has 1 aromatic heterocycles. The number of nitrogens with zero attached hydrogens (tertiary/aromatic N) is 3. The van der Waals surface area contributed by atoms with Crippen LogP contribution in [0.3, 0.4) is 0 Å². The number of aromatic nitrogens is 2. The van der Waals surface area contributed by atoms with E-state index in [9.17, 15) is 4.79 Å². The first-order valence-electron chi connectivity index (χ1n) is 9.78. The zero-order valence-corrected chi connectivity index (χ0v) is 15.2. The molecule has 1 unspecified atom stereocenters. The lowest BCUT2D eigenvalue weighted by Gasteiger charge is -2.33. The Morgan fingerprint density at radius 1 is 1.19 bits per heavy atom. The van der Waals surface area contributed by atoms with Gasteiger partial charge in [0.2, 0.25) is 5.89 Å². The number of hydrogen-bond donors (Lipinski definition) is 0. The van der Waals surface area contributed by atoms with E-state index >= 15 is 0 Å². The zero-order chi connectivity index (χ0) is 18.2. The third-order valence-corrected chi connectivity index (χ3v) is 5.49. The van der Waals surface area contributed by atoms with E-state index in [0.29, 0.717) is 54.5 Å². The topological polar surface area (TPSA) is 77.7 Å². The third kappa shape index (κ3) is 3.38. The average Bonchev–Trinajstić information content (AvgIpc) is 3.47. The summed E-state index contributed by atoms with van der Waals surface area (Å²) in [6.45, 7) is 2.45. The highest BCUT2D eigenvalue weighted by atomic mass is 16.6. The van der Waals surface area contributed by atoms with Crippen molar-refractivity contribution in [2.45, 2.75) is 38.0 Å². The molecule has 0 bridgehead atoms. The summed E-state index contributed by atoms with van der Waals surface area (Å²) in [6, 6.07) is 5.51. The van der Waals surface area contributed by atoms with Crippen molar-refractivity contribution in [3.63, 3.8) is 0 Å². The molecule has 3 aliphatic rings. The van der Waals surface area contributed by atoms with Crippen LogP contribution in [0.25, 0.3) is 0 Å². The van der Waals surface area contributed by atoms with Crippen LogP contribution in [0.5, 0.6) is 11.5 Å². The Bertz CT molecular complexity index is 846. The second kappa shape index (κ2) is 6.87. The van der Waals surface area contributed by atoms with E-state index in [4.69, 9.17) is 14.0 Å². The van der Waals surface area contributed by atoms with Gasteiger partial charge in [-0.1, -0.05) is 11.2 Å². The maximum absolute atomic E-state index is 13.1. The number of fused-ring (bicyclic) bond motifs is 1. The van der Waals surface area contributed by atoms with Crippen LogP contribution in [-0.2, 0) is 6.42 Å². The maximum atomic E-state index is 13.1. The molecule has 1 aliphatic carbocycles. The third-order valence-electron chi connectivity index (χ3n) is 5.49. The molecule has 1 amide bonds. The molecule has 3 heterocycles. The summed E-state index contributed by atoms with van der Waals surface area (Å²) >= 11 is 0. The number of likely N-dealkylation sites (tertiary alicyclic amines) is 1. The second-order valence-corrected chi connectivity index (χ2v) is 7.61. The molecule has 2 aliphatic heterocycles. The lowest BCUT2D eigenvalue weighted by molar-refractivity contribution is 0.0658. The molecular weight excluding hydrogens is 346 g/mol. The Kier molecular flexibility index (Phi) is 4.22. The Balaban J connectivity index is 1.28. The van der Waals surface area contributed by atoms with Gasteiger partial charge in [-0.3, -0.25) is 4.79 Å². The van der Waals surface area contributed by atoms with E-state index in [1.54, 1.807) is 0 Å². The summed E-state index contributed by atoms with van der Waals surface area (Å²) in [7, 11) is 0. The number of ether oxygens (including phenoxy) is 2. The molecule has 0 spiro atoms. The van der Waals surface area contributed by atoms with Crippen LogP contribution < -0.4 is 9.47 Å². The van der Waals surface area contributed by atoms with Gasteiger partial charge in [0, 0.05) is 25.4 Å². The monoisotopic (exact) mass is 369 g/mol. The van der Waals surface area contributed by atoms with Gasteiger partial charge in [-0.15, -0.1) is 0 Å². The van der Waals surface area contributed by atoms with Crippen molar-refractivity contribution in [1.29, 1.82) is 0 Å². The van der Waals surface area contributed by atoms with Gasteiger partial charge in [-0.05, 0) is 43.7 Å². The van der Waals surface area contributed by atoms with Crippen molar-refractivity contribution < 1.29 is 18.8 Å². The van der Waals surface area contributed by atoms with Crippen molar-refractivity contribution in [2.75, 3.05) is 26.3 Å². The summed E-state index contributed by atoms with van der Waals surface area (Å²) in [5.74, 6) is 3.62. The van der Waals surface area contributed by atoms with Crippen molar-refractivity contribution >= 4 is 5.91 Å². The molecule has 2 aromatic rings. The SMILES string of the molecule is O=C(c1cccc2c1OCCO2)N1CCCC(Cc2nc(C3CC3)no2)C1. The number of piperidine rings is 1. The molecule has 7 heteroatoms. The highest BCUT2D eigenvalue weighted by molar-refractivity contribution is 5.98. The number of hydrogen-bond acceptors (Lipinski definition) is 6. The Morgan fingerprint density at radius 2 is 2.07 bits per heavy atom. The summed E-state index contributed by atoms with van der Waals surface area (Å²) in [5.41, 5.74) is 0.585. The summed E-state index contributed by atoms with van der Waals surface area (Å²) in [5, 5.41) is 4.10. The molecule has 0 radical (unpaired) electrons. The van der Waals surface area contributed by atoms with Crippen LogP contribution in [0.2, 0.25) is 0 Å². The van der Waals surface area contributed by atoms with E-state index < -0.39 is 0 Å². The molecule has 142 valence electrons. The van der Waals surface area contributed by atoms with E-state index in [1.165, 1.54) is 0 Å². The van der Waals surface area contributed by atoms with Crippen molar-refractivity contribution in [2.24, 2.45) is 5.92 Å². The lowest BCUT2D eigenvalue weighted by Crippen LogP contribution is -2.40. The minimum atomic E-state index is 0.00579. The molecule has 1 saturated heterocycles. The first-order valence-corrected chi connectivity index (χ1v) is 9.78. The molecule has 2 fully saturated rings. The first kappa shape index (κ1) is 16.6. The molecule has 7 nitrogen and oxygen atoms in total. The molecule has 5 rings (SSSR count). The van der Waals surface area contributed by atoms with Crippen LogP contribution in [-0.4, -0.2) is 47.3 Å². The minimum Gasteiger partial charge on any atom is -0.486 e. The van der Waals surface area contributed by atoms with Gasteiger partial charge in [0.1, 0.15) is 13.2 Å². The number of benzene rings is 1. The Morgan fingerprint density at radius 3 is 2.96 bits per heavy atom. The van der Waals surface area contributed by atoms with E-state index in [0.717, 1.165) is 44.5 Å². The molecule has 1 saturated carbocycles. The summed E-state index contributed by atoms with van der Waals surface area (Å²) in [4.78, 5) is 19.6. The average molecular weight is 369 g/mol. The predicted molar refractivity (Wildman–Crippen MR) is 96.0 cm³/mol. The fraction of sp³-hybridized carbons (Fsp3) is 0.550. The number of para-hydroxylation sites is 1. The van der Waals surface area contributed by atoms with Crippen molar-refractivity contribution in [1.82, 2.24) is 15.0 Å².